The number of rotatable bonds is 5. The van der Waals surface area contributed by atoms with Gasteiger partial charge >= 0.3 is 0 Å². The fourth-order valence-electron chi connectivity index (χ4n) is 4.41. The van der Waals surface area contributed by atoms with Gasteiger partial charge in [0.25, 0.3) is 5.91 Å². The number of nitrogens with one attached hydrogen (secondary N) is 1. The van der Waals surface area contributed by atoms with Crippen molar-refractivity contribution in [2.24, 2.45) is 7.05 Å². The number of fused-ring (bicyclic) bond motifs is 1. The van der Waals surface area contributed by atoms with E-state index in [1.54, 1.807) is 24.0 Å². The molecule has 0 spiro atoms. The lowest BCUT2D eigenvalue weighted by molar-refractivity contribution is 0.0486. The first-order valence-corrected chi connectivity index (χ1v) is 11.0. The monoisotopic (exact) mass is 453 g/mol. The molecule has 1 aromatic heterocycles. The summed E-state index contributed by atoms with van der Waals surface area (Å²) in [4.78, 5) is 13.3. The molecular formula is C24H24ClN3O4. The third-order valence-electron chi connectivity index (χ3n) is 6.22. The van der Waals surface area contributed by atoms with Crippen LogP contribution in [-0.4, -0.2) is 42.2 Å². The van der Waals surface area contributed by atoms with E-state index in [-0.39, 0.29) is 18.1 Å². The van der Waals surface area contributed by atoms with E-state index in [0.717, 1.165) is 35.5 Å². The zero-order valence-electron chi connectivity index (χ0n) is 17.8. The van der Waals surface area contributed by atoms with Gasteiger partial charge in [-0.2, -0.15) is 5.10 Å². The first kappa shape index (κ1) is 20.8. The summed E-state index contributed by atoms with van der Waals surface area (Å²) in [5.74, 6) is 1.31. The number of benzene rings is 2. The second-order valence-electron chi connectivity index (χ2n) is 8.19. The molecule has 1 fully saturated rings. The van der Waals surface area contributed by atoms with Gasteiger partial charge in [0.05, 0.1) is 10.6 Å². The van der Waals surface area contributed by atoms with Crippen LogP contribution in [0.1, 0.15) is 28.8 Å². The molecule has 3 heterocycles. The normalized spacial score (nSPS) is 16.7. The van der Waals surface area contributed by atoms with Crippen molar-refractivity contribution in [1.29, 1.82) is 0 Å². The van der Waals surface area contributed by atoms with Crippen LogP contribution in [0.25, 0.3) is 11.3 Å². The Morgan fingerprint density at radius 1 is 1.16 bits per heavy atom. The molecule has 1 N–H and O–H groups in total. The summed E-state index contributed by atoms with van der Waals surface area (Å²) in [7, 11) is 1.80. The third kappa shape index (κ3) is 3.82. The van der Waals surface area contributed by atoms with Crippen molar-refractivity contribution in [2.75, 3.05) is 26.6 Å². The van der Waals surface area contributed by atoms with Gasteiger partial charge in [0, 0.05) is 44.0 Å². The zero-order valence-corrected chi connectivity index (χ0v) is 18.5. The predicted molar refractivity (Wildman–Crippen MR) is 120 cm³/mol. The van der Waals surface area contributed by atoms with Crippen molar-refractivity contribution in [1.82, 2.24) is 15.1 Å². The number of halogens is 1. The molecule has 1 saturated heterocycles. The third-order valence-corrected chi connectivity index (χ3v) is 6.55. The van der Waals surface area contributed by atoms with E-state index in [9.17, 15) is 4.79 Å². The van der Waals surface area contributed by atoms with Gasteiger partial charge in [-0.25, -0.2) is 0 Å². The Labute approximate surface area is 191 Å². The molecule has 0 aliphatic carbocycles. The molecule has 0 bridgehead atoms. The standard InChI is InChI=1S/C24H24ClN3O4/c1-28-13-18(22(27-28)17-4-2-3-5-19(17)25)23(29)26-14-24(8-10-30-11-9-24)16-6-7-20-21(12-16)32-15-31-20/h2-7,12-13H,8-11,14-15H2,1H3,(H,26,29). The van der Waals surface area contributed by atoms with Crippen LogP contribution in [0.5, 0.6) is 11.5 Å². The van der Waals surface area contributed by atoms with E-state index in [2.05, 4.69) is 16.5 Å². The SMILES string of the molecule is Cn1cc(C(=O)NCC2(c3ccc4c(c3)OCO4)CCOCC2)c(-c2ccccc2Cl)n1. The molecule has 32 heavy (non-hydrogen) atoms. The Kier molecular flexibility index (Phi) is 5.53. The number of aromatic nitrogens is 2. The summed E-state index contributed by atoms with van der Waals surface area (Å²) in [6.45, 7) is 1.99. The molecule has 0 unspecified atom stereocenters. The molecule has 5 rings (SSSR count). The molecule has 1 amide bonds. The fraction of sp³-hybridized carbons (Fsp3) is 0.333. The van der Waals surface area contributed by atoms with Gasteiger partial charge in [-0.1, -0.05) is 35.9 Å². The topological polar surface area (TPSA) is 74.6 Å². The highest BCUT2D eigenvalue weighted by Crippen LogP contribution is 2.40. The van der Waals surface area contributed by atoms with Crippen LogP contribution < -0.4 is 14.8 Å². The lowest BCUT2D eigenvalue weighted by Crippen LogP contribution is -2.44. The highest BCUT2D eigenvalue weighted by molar-refractivity contribution is 6.33. The number of aryl methyl sites for hydroxylation is 1. The van der Waals surface area contributed by atoms with Crippen LogP contribution in [0, 0.1) is 0 Å². The lowest BCUT2D eigenvalue weighted by atomic mass is 9.74. The number of amides is 1. The van der Waals surface area contributed by atoms with E-state index in [1.807, 2.05) is 30.3 Å². The molecule has 166 valence electrons. The maximum absolute atomic E-state index is 13.3. The molecule has 7 nitrogen and oxygen atoms in total. The van der Waals surface area contributed by atoms with Crippen LogP contribution >= 0.6 is 11.6 Å². The van der Waals surface area contributed by atoms with Crippen LogP contribution in [-0.2, 0) is 17.2 Å². The first-order chi connectivity index (χ1) is 15.6. The molecular weight excluding hydrogens is 430 g/mol. The van der Waals surface area contributed by atoms with E-state index >= 15 is 0 Å². The largest absolute Gasteiger partial charge is 0.454 e. The van der Waals surface area contributed by atoms with E-state index in [4.69, 9.17) is 25.8 Å². The van der Waals surface area contributed by atoms with Gasteiger partial charge in [0.1, 0.15) is 5.69 Å². The first-order valence-electron chi connectivity index (χ1n) is 10.6. The maximum atomic E-state index is 13.3. The molecule has 0 saturated carbocycles. The minimum atomic E-state index is -0.248. The van der Waals surface area contributed by atoms with Crippen LogP contribution in [0.3, 0.4) is 0 Å². The average Bonchev–Trinajstić information content (AvgIpc) is 3.44. The quantitative estimate of drug-likeness (QED) is 0.633. The predicted octanol–water partition coefficient (Wildman–Crippen LogP) is 3.95. The van der Waals surface area contributed by atoms with Crippen molar-refractivity contribution in [3.8, 4) is 22.8 Å². The Balaban J connectivity index is 1.41. The van der Waals surface area contributed by atoms with Gasteiger partial charge < -0.3 is 19.5 Å². The van der Waals surface area contributed by atoms with Gasteiger partial charge in [0.2, 0.25) is 6.79 Å². The molecule has 2 aliphatic rings. The molecule has 0 atom stereocenters. The smallest absolute Gasteiger partial charge is 0.255 e. The highest BCUT2D eigenvalue weighted by Gasteiger charge is 2.36. The van der Waals surface area contributed by atoms with Crippen molar-refractivity contribution < 1.29 is 19.0 Å². The highest BCUT2D eigenvalue weighted by atomic mass is 35.5. The van der Waals surface area contributed by atoms with E-state index < -0.39 is 0 Å². The number of hydrogen-bond donors (Lipinski definition) is 1. The average molecular weight is 454 g/mol. The summed E-state index contributed by atoms with van der Waals surface area (Å²) in [6.07, 6.45) is 3.33. The molecule has 3 aromatic rings. The van der Waals surface area contributed by atoms with Gasteiger partial charge in [-0.15, -0.1) is 0 Å². The minimum absolute atomic E-state index is 0.181. The van der Waals surface area contributed by atoms with Gasteiger partial charge in [-0.05, 0) is 36.6 Å². The van der Waals surface area contributed by atoms with Crippen molar-refractivity contribution >= 4 is 17.5 Å². The number of carbonyl (C=O) groups excluding carboxylic acids is 1. The Morgan fingerprint density at radius 3 is 2.75 bits per heavy atom. The molecule has 2 aromatic carbocycles. The molecule has 8 heteroatoms. The fourth-order valence-corrected chi connectivity index (χ4v) is 4.63. The van der Waals surface area contributed by atoms with Crippen molar-refractivity contribution in [3.63, 3.8) is 0 Å². The maximum Gasteiger partial charge on any atom is 0.255 e. The van der Waals surface area contributed by atoms with Crippen LogP contribution in [0.4, 0.5) is 0 Å². The van der Waals surface area contributed by atoms with Crippen LogP contribution in [0.15, 0.2) is 48.7 Å². The Bertz CT molecular complexity index is 1150. The van der Waals surface area contributed by atoms with Crippen molar-refractivity contribution in [3.05, 3.63) is 64.8 Å². The number of nitrogens with zero attached hydrogens (tertiary/aromatic N) is 2. The lowest BCUT2D eigenvalue weighted by Gasteiger charge is -2.38. The number of hydrogen-bond acceptors (Lipinski definition) is 5. The van der Waals surface area contributed by atoms with E-state index in [1.165, 1.54) is 0 Å². The zero-order chi connectivity index (χ0) is 22.1. The minimum Gasteiger partial charge on any atom is -0.454 e. The second-order valence-corrected chi connectivity index (χ2v) is 8.60. The summed E-state index contributed by atoms with van der Waals surface area (Å²) < 4.78 is 18.3. The Morgan fingerprint density at radius 2 is 1.94 bits per heavy atom. The van der Waals surface area contributed by atoms with Crippen LogP contribution in [0.2, 0.25) is 5.02 Å². The molecule has 0 radical (unpaired) electrons. The number of carbonyl (C=O) groups is 1. The Hall–Kier alpha value is -3.03. The summed E-state index contributed by atoms with van der Waals surface area (Å²) >= 11 is 6.38. The summed E-state index contributed by atoms with van der Waals surface area (Å²) in [5, 5.41) is 8.21. The molecule has 2 aliphatic heterocycles. The van der Waals surface area contributed by atoms with Gasteiger partial charge in [-0.3, -0.25) is 9.48 Å². The number of ether oxygens (including phenoxy) is 3. The summed E-state index contributed by atoms with van der Waals surface area (Å²) in [5.41, 5.74) is 2.66. The second kappa shape index (κ2) is 8.48. The van der Waals surface area contributed by atoms with Crippen molar-refractivity contribution in [2.45, 2.75) is 18.3 Å². The van der Waals surface area contributed by atoms with Gasteiger partial charge in [0.15, 0.2) is 11.5 Å². The summed E-state index contributed by atoms with van der Waals surface area (Å²) in [6, 6.07) is 13.4. The van der Waals surface area contributed by atoms with E-state index in [0.29, 0.717) is 36.0 Å².